The molecule has 3 rings (SSSR count). The SMILES string of the molecule is COc1cccc(OC)c1NC(=O)/C(C)=C/C=C(/Oc1cc(C)cc(Cl)c1C(C)C)C1CC1. The van der Waals surface area contributed by atoms with Crippen molar-refractivity contribution in [3.05, 3.63) is 70.0 Å². The lowest BCUT2D eigenvalue weighted by atomic mass is 10.0. The summed E-state index contributed by atoms with van der Waals surface area (Å²) in [7, 11) is 3.11. The first kappa shape index (κ1) is 24.7. The van der Waals surface area contributed by atoms with Gasteiger partial charge in [-0.2, -0.15) is 0 Å². The lowest BCUT2D eigenvalue weighted by Gasteiger charge is -2.18. The van der Waals surface area contributed by atoms with Crippen LogP contribution < -0.4 is 19.5 Å². The monoisotopic (exact) mass is 469 g/mol. The summed E-state index contributed by atoms with van der Waals surface area (Å²) in [4.78, 5) is 12.9. The first-order valence-corrected chi connectivity index (χ1v) is 11.5. The molecule has 33 heavy (non-hydrogen) atoms. The molecule has 0 spiro atoms. The fourth-order valence-electron chi connectivity index (χ4n) is 3.58. The lowest BCUT2D eigenvalue weighted by Crippen LogP contribution is -2.14. The van der Waals surface area contributed by atoms with Crippen LogP contribution in [0.25, 0.3) is 0 Å². The Morgan fingerprint density at radius 2 is 1.73 bits per heavy atom. The van der Waals surface area contributed by atoms with E-state index in [1.54, 1.807) is 45.4 Å². The van der Waals surface area contributed by atoms with Gasteiger partial charge in [0, 0.05) is 22.1 Å². The molecule has 2 aromatic rings. The van der Waals surface area contributed by atoms with Crippen LogP contribution in [0, 0.1) is 12.8 Å². The molecule has 0 saturated heterocycles. The van der Waals surface area contributed by atoms with Crippen molar-refractivity contribution in [2.45, 2.75) is 46.5 Å². The Bertz CT molecular complexity index is 1060. The molecule has 1 N–H and O–H groups in total. The molecule has 0 aromatic heterocycles. The van der Waals surface area contributed by atoms with Gasteiger partial charge in [0.25, 0.3) is 5.91 Å². The number of rotatable bonds is 9. The highest BCUT2D eigenvalue weighted by Gasteiger charge is 2.29. The number of anilines is 1. The highest BCUT2D eigenvalue weighted by Crippen LogP contribution is 2.41. The molecule has 0 unspecified atom stereocenters. The summed E-state index contributed by atoms with van der Waals surface area (Å²) in [5, 5.41) is 3.61. The molecule has 0 radical (unpaired) electrons. The molecule has 176 valence electrons. The van der Waals surface area contributed by atoms with Crippen LogP contribution in [0.3, 0.4) is 0 Å². The van der Waals surface area contributed by atoms with Crippen LogP contribution in [0.2, 0.25) is 5.02 Å². The topological polar surface area (TPSA) is 56.8 Å². The number of ether oxygens (including phenoxy) is 3. The highest BCUT2D eigenvalue weighted by molar-refractivity contribution is 6.31. The lowest BCUT2D eigenvalue weighted by molar-refractivity contribution is -0.112. The van der Waals surface area contributed by atoms with Crippen LogP contribution >= 0.6 is 11.6 Å². The number of nitrogens with one attached hydrogen (secondary N) is 1. The van der Waals surface area contributed by atoms with E-state index in [4.69, 9.17) is 25.8 Å². The minimum absolute atomic E-state index is 0.229. The van der Waals surface area contributed by atoms with E-state index in [1.165, 1.54) is 0 Å². The van der Waals surface area contributed by atoms with Gasteiger partial charge < -0.3 is 19.5 Å². The molecule has 0 aliphatic heterocycles. The van der Waals surface area contributed by atoms with Gasteiger partial charge in [-0.3, -0.25) is 4.79 Å². The van der Waals surface area contributed by atoms with Crippen molar-refractivity contribution in [2.75, 3.05) is 19.5 Å². The highest BCUT2D eigenvalue weighted by atomic mass is 35.5. The maximum Gasteiger partial charge on any atom is 0.251 e. The fourth-order valence-corrected chi connectivity index (χ4v) is 4.07. The smallest absolute Gasteiger partial charge is 0.251 e. The largest absolute Gasteiger partial charge is 0.494 e. The van der Waals surface area contributed by atoms with E-state index in [0.717, 1.165) is 35.5 Å². The van der Waals surface area contributed by atoms with E-state index in [-0.39, 0.29) is 11.8 Å². The van der Waals surface area contributed by atoms with E-state index < -0.39 is 0 Å². The summed E-state index contributed by atoms with van der Waals surface area (Å²) in [5.74, 6) is 3.03. The van der Waals surface area contributed by atoms with Crippen LogP contribution in [-0.4, -0.2) is 20.1 Å². The third-order valence-electron chi connectivity index (χ3n) is 5.54. The van der Waals surface area contributed by atoms with E-state index in [9.17, 15) is 4.79 Å². The predicted octanol–water partition coefficient (Wildman–Crippen LogP) is 7.05. The second-order valence-corrected chi connectivity index (χ2v) is 9.01. The van der Waals surface area contributed by atoms with Gasteiger partial charge >= 0.3 is 0 Å². The van der Waals surface area contributed by atoms with Crippen molar-refractivity contribution in [3.63, 3.8) is 0 Å². The zero-order valence-corrected chi connectivity index (χ0v) is 20.9. The number of aryl methyl sites for hydroxylation is 1. The van der Waals surface area contributed by atoms with Crippen molar-refractivity contribution < 1.29 is 19.0 Å². The summed E-state index contributed by atoms with van der Waals surface area (Å²) >= 11 is 6.52. The third-order valence-corrected chi connectivity index (χ3v) is 5.86. The number of amides is 1. The van der Waals surface area contributed by atoms with Gasteiger partial charge in [-0.15, -0.1) is 0 Å². The van der Waals surface area contributed by atoms with Crippen LogP contribution in [0.5, 0.6) is 17.2 Å². The maximum atomic E-state index is 12.9. The van der Waals surface area contributed by atoms with E-state index in [2.05, 4.69) is 19.2 Å². The molecule has 6 heteroatoms. The van der Waals surface area contributed by atoms with Gasteiger partial charge in [-0.05, 0) is 68.5 Å². The second-order valence-electron chi connectivity index (χ2n) is 8.60. The van der Waals surface area contributed by atoms with Gasteiger partial charge in [-0.25, -0.2) is 0 Å². The summed E-state index contributed by atoms with van der Waals surface area (Å²) < 4.78 is 17.1. The molecule has 1 aliphatic carbocycles. The molecule has 0 bridgehead atoms. The Hall–Kier alpha value is -2.92. The van der Waals surface area contributed by atoms with Crippen LogP contribution in [0.4, 0.5) is 5.69 Å². The zero-order valence-electron chi connectivity index (χ0n) is 20.1. The molecular weight excluding hydrogens is 438 g/mol. The van der Waals surface area contributed by atoms with Crippen molar-refractivity contribution in [1.82, 2.24) is 0 Å². The average Bonchev–Trinajstić information content (AvgIpc) is 3.61. The first-order valence-electron chi connectivity index (χ1n) is 11.1. The molecule has 5 nitrogen and oxygen atoms in total. The van der Waals surface area contributed by atoms with E-state index >= 15 is 0 Å². The van der Waals surface area contributed by atoms with Gasteiger partial charge in [0.15, 0.2) is 0 Å². The molecule has 0 atom stereocenters. The Morgan fingerprint density at radius 1 is 1.09 bits per heavy atom. The molecule has 0 heterocycles. The standard InChI is InChI=1S/C27H32ClNO4/c1-16(2)25-20(28)14-17(3)15-24(25)33-21(19-11-12-19)13-10-18(4)27(30)29-26-22(31-5)8-7-9-23(26)32-6/h7-10,13-16,19H,11-12H2,1-6H3,(H,29,30)/b18-10+,21-13+. The predicted molar refractivity (Wildman–Crippen MR) is 134 cm³/mol. The third kappa shape index (κ3) is 6.11. The van der Waals surface area contributed by atoms with Crippen molar-refractivity contribution >= 4 is 23.2 Å². The first-order chi connectivity index (χ1) is 15.7. The van der Waals surface area contributed by atoms with Gasteiger partial charge in [0.2, 0.25) is 0 Å². The minimum Gasteiger partial charge on any atom is -0.494 e. The quantitative estimate of drug-likeness (QED) is 0.243. The molecule has 1 saturated carbocycles. The summed E-state index contributed by atoms with van der Waals surface area (Å²) in [6.07, 6.45) is 5.82. The van der Waals surface area contributed by atoms with Crippen LogP contribution in [0.1, 0.15) is 50.7 Å². The fraction of sp³-hybridized carbons (Fsp3) is 0.370. The van der Waals surface area contributed by atoms with Crippen LogP contribution in [0.15, 0.2) is 53.8 Å². The van der Waals surface area contributed by atoms with Crippen LogP contribution in [-0.2, 0) is 4.79 Å². The zero-order chi connectivity index (χ0) is 24.1. The van der Waals surface area contributed by atoms with Crippen molar-refractivity contribution in [2.24, 2.45) is 5.92 Å². The number of para-hydroxylation sites is 1. The number of halogens is 1. The Morgan fingerprint density at radius 3 is 2.27 bits per heavy atom. The van der Waals surface area contributed by atoms with E-state index in [1.807, 2.05) is 25.1 Å². The average molecular weight is 470 g/mol. The summed E-state index contributed by atoms with van der Waals surface area (Å²) in [5.41, 5.74) is 3.08. The van der Waals surface area contributed by atoms with Crippen molar-refractivity contribution in [1.29, 1.82) is 0 Å². The normalized spacial score (nSPS) is 14.3. The number of benzene rings is 2. The van der Waals surface area contributed by atoms with Crippen molar-refractivity contribution in [3.8, 4) is 17.2 Å². The Kier molecular flexibility index (Phi) is 8.09. The molecular formula is C27H32ClNO4. The number of methoxy groups -OCH3 is 2. The molecule has 1 aliphatic rings. The summed E-state index contributed by atoms with van der Waals surface area (Å²) in [6.45, 7) is 7.97. The number of carbonyl (C=O) groups excluding carboxylic acids is 1. The number of hydrogen-bond acceptors (Lipinski definition) is 4. The number of allylic oxidation sites excluding steroid dienone is 3. The molecule has 2 aromatic carbocycles. The maximum absolute atomic E-state index is 12.9. The van der Waals surface area contributed by atoms with Gasteiger partial charge in [0.1, 0.15) is 28.7 Å². The number of carbonyl (C=O) groups is 1. The summed E-state index contributed by atoms with van der Waals surface area (Å²) in [6, 6.07) is 9.34. The number of hydrogen-bond donors (Lipinski definition) is 1. The molecule has 1 fully saturated rings. The minimum atomic E-state index is -0.245. The van der Waals surface area contributed by atoms with Gasteiger partial charge in [-0.1, -0.05) is 37.6 Å². The van der Waals surface area contributed by atoms with E-state index in [0.29, 0.717) is 33.7 Å². The molecule has 1 amide bonds. The van der Waals surface area contributed by atoms with Gasteiger partial charge in [0.05, 0.1) is 14.2 Å². The Balaban J connectivity index is 1.85. The second kappa shape index (κ2) is 10.8. The Labute approximate surface area is 201 Å².